The molecule has 5 heteroatoms. The summed E-state index contributed by atoms with van der Waals surface area (Å²) in [5.74, 6) is -0.720. The Hall–Kier alpha value is -1.81. The molecule has 2 aromatic carbocycles. The van der Waals surface area contributed by atoms with Crippen molar-refractivity contribution in [1.82, 2.24) is 0 Å². The fourth-order valence-electron chi connectivity index (χ4n) is 3.15. The SMILES string of the molecule is Cc1ccc(C2=CCC(c3ccc(F)c(Cl)c3)(C(F)(F)F)C2)cc1. The molecular weight excluding hydrogens is 340 g/mol. The van der Waals surface area contributed by atoms with E-state index in [0.717, 1.165) is 23.3 Å². The van der Waals surface area contributed by atoms with Gasteiger partial charge in [0.05, 0.1) is 10.4 Å². The molecule has 0 heterocycles. The van der Waals surface area contributed by atoms with Gasteiger partial charge in [0.2, 0.25) is 0 Å². The summed E-state index contributed by atoms with van der Waals surface area (Å²) in [6.07, 6.45) is -3.20. The van der Waals surface area contributed by atoms with Crippen LogP contribution in [0.5, 0.6) is 0 Å². The summed E-state index contributed by atoms with van der Waals surface area (Å²) in [6, 6.07) is 10.7. The predicted molar refractivity (Wildman–Crippen MR) is 87.5 cm³/mol. The maximum Gasteiger partial charge on any atom is 0.399 e. The molecule has 1 aliphatic rings. The first-order valence-electron chi connectivity index (χ1n) is 7.51. The number of aryl methyl sites for hydroxylation is 1. The molecule has 0 radical (unpaired) electrons. The molecular formula is C19H15ClF4. The van der Waals surface area contributed by atoms with Crippen LogP contribution in [0.15, 0.2) is 48.5 Å². The minimum Gasteiger partial charge on any atom is -0.205 e. The third-order valence-electron chi connectivity index (χ3n) is 4.63. The molecule has 0 aliphatic heterocycles. The van der Waals surface area contributed by atoms with Crippen LogP contribution < -0.4 is 0 Å². The van der Waals surface area contributed by atoms with Gasteiger partial charge in [-0.3, -0.25) is 0 Å². The number of benzene rings is 2. The molecule has 24 heavy (non-hydrogen) atoms. The Morgan fingerprint density at radius 3 is 2.29 bits per heavy atom. The van der Waals surface area contributed by atoms with Crippen molar-refractivity contribution in [3.63, 3.8) is 0 Å². The number of hydrogen-bond donors (Lipinski definition) is 0. The zero-order chi connectivity index (χ0) is 17.5. The molecule has 0 N–H and O–H groups in total. The van der Waals surface area contributed by atoms with Gasteiger partial charge < -0.3 is 0 Å². The summed E-state index contributed by atoms with van der Waals surface area (Å²) >= 11 is 5.72. The lowest BCUT2D eigenvalue weighted by molar-refractivity contribution is -0.187. The molecule has 0 nitrogen and oxygen atoms in total. The summed E-state index contributed by atoms with van der Waals surface area (Å²) < 4.78 is 55.1. The van der Waals surface area contributed by atoms with E-state index in [1.807, 2.05) is 31.2 Å². The Bertz CT molecular complexity index is 790. The van der Waals surface area contributed by atoms with Crippen molar-refractivity contribution in [2.24, 2.45) is 0 Å². The predicted octanol–water partition coefficient (Wildman–Crippen LogP) is 6.47. The van der Waals surface area contributed by atoms with Gasteiger partial charge in [0.1, 0.15) is 5.82 Å². The van der Waals surface area contributed by atoms with Crippen molar-refractivity contribution < 1.29 is 17.6 Å². The van der Waals surface area contributed by atoms with Crippen LogP contribution >= 0.6 is 11.6 Å². The van der Waals surface area contributed by atoms with Crippen LogP contribution in [0.2, 0.25) is 5.02 Å². The van der Waals surface area contributed by atoms with Crippen LogP contribution in [0.25, 0.3) is 5.57 Å². The molecule has 0 bridgehead atoms. The largest absolute Gasteiger partial charge is 0.399 e. The van der Waals surface area contributed by atoms with E-state index in [1.165, 1.54) is 6.07 Å². The first kappa shape index (κ1) is 17.0. The first-order valence-corrected chi connectivity index (χ1v) is 7.89. The summed E-state index contributed by atoms with van der Waals surface area (Å²) in [5, 5.41) is -0.292. The van der Waals surface area contributed by atoms with Crippen LogP contribution in [0.3, 0.4) is 0 Å². The second kappa shape index (κ2) is 5.92. The average molecular weight is 355 g/mol. The number of hydrogen-bond acceptors (Lipinski definition) is 0. The van der Waals surface area contributed by atoms with E-state index in [4.69, 9.17) is 11.6 Å². The highest BCUT2D eigenvalue weighted by atomic mass is 35.5. The van der Waals surface area contributed by atoms with E-state index < -0.39 is 17.4 Å². The van der Waals surface area contributed by atoms with Gasteiger partial charge in [-0.2, -0.15) is 13.2 Å². The molecule has 0 amide bonds. The molecule has 2 aromatic rings. The minimum absolute atomic E-state index is 0.000221. The van der Waals surface area contributed by atoms with Gasteiger partial charge in [0, 0.05) is 0 Å². The highest BCUT2D eigenvalue weighted by Gasteiger charge is 2.57. The Morgan fingerprint density at radius 1 is 1.04 bits per heavy atom. The van der Waals surface area contributed by atoms with Gasteiger partial charge in [-0.05, 0) is 48.6 Å². The van der Waals surface area contributed by atoms with E-state index in [9.17, 15) is 17.6 Å². The van der Waals surface area contributed by atoms with Crippen LogP contribution in [0.1, 0.15) is 29.5 Å². The monoisotopic (exact) mass is 354 g/mol. The van der Waals surface area contributed by atoms with E-state index in [2.05, 4.69) is 0 Å². The number of alkyl halides is 3. The van der Waals surface area contributed by atoms with E-state index in [0.29, 0.717) is 5.57 Å². The number of halogens is 5. The number of rotatable bonds is 2. The van der Waals surface area contributed by atoms with E-state index in [-0.39, 0.29) is 23.4 Å². The lowest BCUT2D eigenvalue weighted by atomic mass is 9.76. The molecule has 3 rings (SSSR count). The molecule has 0 fully saturated rings. The quantitative estimate of drug-likeness (QED) is 0.542. The van der Waals surface area contributed by atoms with Gasteiger partial charge >= 0.3 is 6.18 Å². The number of allylic oxidation sites excluding steroid dienone is 2. The highest BCUT2D eigenvalue weighted by molar-refractivity contribution is 6.30. The van der Waals surface area contributed by atoms with E-state index >= 15 is 0 Å². The lowest BCUT2D eigenvalue weighted by Gasteiger charge is -2.33. The van der Waals surface area contributed by atoms with Crippen LogP contribution in [0.4, 0.5) is 17.6 Å². The Balaban J connectivity index is 2.01. The maximum atomic E-state index is 13.9. The minimum atomic E-state index is -4.46. The molecule has 0 spiro atoms. The van der Waals surface area contributed by atoms with Crippen molar-refractivity contribution in [3.8, 4) is 0 Å². The lowest BCUT2D eigenvalue weighted by Crippen LogP contribution is -2.40. The zero-order valence-electron chi connectivity index (χ0n) is 12.9. The van der Waals surface area contributed by atoms with Crippen LogP contribution in [-0.2, 0) is 5.41 Å². The van der Waals surface area contributed by atoms with Gasteiger partial charge in [-0.15, -0.1) is 0 Å². The third-order valence-corrected chi connectivity index (χ3v) is 4.92. The Kier molecular flexibility index (Phi) is 4.20. The molecule has 1 unspecified atom stereocenters. The van der Waals surface area contributed by atoms with E-state index in [1.54, 1.807) is 6.08 Å². The molecule has 0 saturated heterocycles. The summed E-state index contributed by atoms with van der Waals surface area (Å²) in [7, 11) is 0. The van der Waals surface area contributed by atoms with Crippen molar-refractivity contribution in [2.45, 2.75) is 31.4 Å². The van der Waals surface area contributed by atoms with Crippen molar-refractivity contribution in [1.29, 1.82) is 0 Å². The Morgan fingerprint density at radius 2 is 1.71 bits per heavy atom. The topological polar surface area (TPSA) is 0 Å². The summed E-state index contributed by atoms with van der Waals surface area (Å²) in [5.41, 5.74) is 0.405. The van der Waals surface area contributed by atoms with Gasteiger partial charge in [-0.25, -0.2) is 4.39 Å². The standard InChI is InChI=1S/C19H15ClF4/c1-12-2-4-13(5-3-12)14-8-9-18(11-14,19(22,23)24)15-6-7-17(21)16(20)10-15/h2-8,10H,9,11H2,1H3. The molecule has 0 aromatic heterocycles. The smallest absolute Gasteiger partial charge is 0.205 e. The summed E-state index contributed by atoms with van der Waals surface area (Å²) in [6.45, 7) is 1.92. The van der Waals surface area contributed by atoms with Gasteiger partial charge in [0.25, 0.3) is 0 Å². The fourth-order valence-corrected chi connectivity index (χ4v) is 3.33. The molecule has 1 atom stereocenters. The second-order valence-corrected chi connectivity index (χ2v) is 6.59. The molecule has 1 aliphatic carbocycles. The van der Waals surface area contributed by atoms with Crippen molar-refractivity contribution >= 4 is 17.2 Å². The third kappa shape index (κ3) is 2.84. The first-order chi connectivity index (χ1) is 11.2. The second-order valence-electron chi connectivity index (χ2n) is 6.19. The molecule has 0 saturated carbocycles. The maximum absolute atomic E-state index is 13.9. The van der Waals surface area contributed by atoms with Gasteiger partial charge in [0.15, 0.2) is 0 Å². The summed E-state index contributed by atoms with van der Waals surface area (Å²) in [4.78, 5) is 0. The fraction of sp³-hybridized carbons (Fsp3) is 0.263. The van der Waals surface area contributed by atoms with Crippen molar-refractivity contribution in [2.75, 3.05) is 0 Å². The average Bonchev–Trinajstić information content (AvgIpc) is 2.97. The molecule has 126 valence electrons. The van der Waals surface area contributed by atoms with Gasteiger partial charge in [-0.1, -0.05) is 53.6 Å². The van der Waals surface area contributed by atoms with Crippen LogP contribution in [0, 0.1) is 12.7 Å². The highest BCUT2D eigenvalue weighted by Crippen LogP contribution is 2.54. The Labute approximate surface area is 142 Å². The zero-order valence-corrected chi connectivity index (χ0v) is 13.7. The normalized spacial score (nSPS) is 21.0. The van der Waals surface area contributed by atoms with Crippen molar-refractivity contribution in [3.05, 3.63) is 76.1 Å². The van der Waals surface area contributed by atoms with Crippen LogP contribution in [-0.4, -0.2) is 6.18 Å².